The second-order valence-electron chi connectivity index (χ2n) is 4.30. The molecule has 0 fully saturated rings. The molecule has 0 amide bonds. The molecule has 82 valence electrons. The number of hydrogen-bond donors (Lipinski definition) is 1. The van der Waals surface area contributed by atoms with Crippen LogP contribution in [0.25, 0.3) is 0 Å². The van der Waals surface area contributed by atoms with Gasteiger partial charge in [-0.25, -0.2) is 0 Å². The molecule has 1 nitrogen and oxygen atoms in total. The van der Waals surface area contributed by atoms with E-state index < -0.39 is 0 Å². The molecule has 0 spiro atoms. The van der Waals surface area contributed by atoms with Crippen LogP contribution >= 0.6 is 11.3 Å². The summed E-state index contributed by atoms with van der Waals surface area (Å²) in [5.41, 5.74) is 2.34. The largest absolute Gasteiger partial charge is 0.384 e. The lowest BCUT2D eigenvalue weighted by molar-refractivity contribution is 0.208. The fourth-order valence-electron chi connectivity index (χ4n) is 2.23. The Morgan fingerprint density at radius 2 is 2.13 bits per heavy atom. The Bertz CT molecular complexity index is 376. The Labute approximate surface area is 95.5 Å². The van der Waals surface area contributed by atoms with Crippen LogP contribution in [0.3, 0.4) is 0 Å². The Kier molecular flexibility index (Phi) is 3.27. The third-order valence-electron chi connectivity index (χ3n) is 3.05. The van der Waals surface area contributed by atoms with E-state index in [1.54, 1.807) is 11.3 Å². The molecule has 0 bridgehead atoms. The number of rotatable bonds is 2. The minimum Gasteiger partial charge on any atom is -0.384 e. The number of hydrogen-bond acceptors (Lipinski definition) is 2. The SMILES string of the molecule is Cc1cc(C(O)C2=CCCCC2)c(C)s1. The van der Waals surface area contributed by atoms with Gasteiger partial charge in [-0.1, -0.05) is 6.08 Å². The topological polar surface area (TPSA) is 20.2 Å². The molecule has 1 heterocycles. The Hall–Kier alpha value is -0.600. The van der Waals surface area contributed by atoms with E-state index in [2.05, 4.69) is 26.0 Å². The van der Waals surface area contributed by atoms with Crippen LogP contribution in [0.15, 0.2) is 17.7 Å². The summed E-state index contributed by atoms with van der Waals surface area (Å²) in [5, 5.41) is 10.3. The molecular weight excluding hydrogens is 204 g/mol. The molecule has 2 heteroatoms. The first-order valence-electron chi connectivity index (χ1n) is 5.62. The average molecular weight is 222 g/mol. The van der Waals surface area contributed by atoms with E-state index in [1.807, 2.05) is 0 Å². The summed E-state index contributed by atoms with van der Waals surface area (Å²) < 4.78 is 0. The summed E-state index contributed by atoms with van der Waals surface area (Å²) in [5.74, 6) is 0. The van der Waals surface area contributed by atoms with Crippen molar-refractivity contribution in [3.05, 3.63) is 33.0 Å². The Balaban J connectivity index is 2.23. The van der Waals surface area contributed by atoms with E-state index in [4.69, 9.17) is 0 Å². The van der Waals surface area contributed by atoms with E-state index in [9.17, 15) is 5.11 Å². The molecule has 1 atom stereocenters. The Morgan fingerprint density at radius 3 is 2.67 bits per heavy atom. The van der Waals surface area contributed by atoms with E-state index in [1.165, 1.54) is 28.2 Å². The smallest absolute Gasteiger partial charge is 0.101 e. The first-order valence-corrected chi connectivity index (χ1v) is 6.44. The fraction of sp³-hybridized carbons (Fsp3) is 0.538. The van der Waals surface area contributed by atoms with Gasteiger partial charge in [0.1, 0.15) is 6.10 Å². The molecule has 1 aliphatic rings. The van der Waals surface area contributed by atoms with Crippen molar-refractivity contribution >= 4 is 11.3 Å². The Morgan fingerprint density at radius 1 is 1.33 bits per heavy atom. The number of aliphatic hydroxyl groups is 1. The summed E-state index contributed by atoms with van der Waals surface area (Å²) in [6.45, 7) is 4.20. The first-order chi connectivity index (χ1) is 7.18. The summed E-state index contributed by atoms with van der Waals surface area (Å²) in [7, 11) is 0. The van der Waals surface area contributed by atoms with Crippen molar-refractivity contribution in [2.24, 2.45) is 0 Å². The normalized spacial score (nSPS) is 18.7. The van der Waals surface area contributed by atoms with Gasteiger partial charge in [0, 0.05) is 9.75 Å². The molecule has 0 radical (unpaired) electrons. The second kappa shape index (κ2) is 4.50. The van der Waals surface area contributed by atoms with Gasteiger partial charge in [-0.3, -0.25) is 0 Å². The van der Waals surface area contributed by atoms with Crippen LogP contribution in [-0.4, -0.2) is 5.11 Å². The van der Waals surface area contributed by atoms with Crippen molar-refractivity contribution in [3.63, 3.8) is 0 Å². The highest BCUT2D eigenvalue weighted by Gasteiger charge is 2.18. The molecule has 0 aliphatic heterocycles. The lowest BCUT2D eigenvalue weighted by atomic mass is 9.92. The van der Waals surface area contributed by atoms with E-state index in [0.29, 0.717) is 0 Å². The van der Waals surface area contributed by atoms with Gasteiger partial charge < -0.3 is 5.11 Å². The van der Waals surface area contributed by atoms with Crippen molar-refractivity contribution in [1.29, 1.82) is 0 Å². The first kappa shape index (κ1) is 10.9. The summed E-state index contributed by atoms with van der Waals surface area (Å²) >= 11 is 1.77. The van der Waals surface area contributed by atoms with Gasteiger partial charge in [-0.15, -0.1) is 11.3 Å². The molecule has 2 rings (SSSR count). The maximum atomic E-state index is 10.3. The van der Waals surface area contributed by atoms with E-state index in [0.717, 1.165) is 18.4 Å². The van der Waals surface area contributed by atoms with Gasteiger partial charge in [0.25, 0.3) is 0 Å². The zero-order valence-electron chi connectivity index (χ0n) is 9.42. The predicted octanol–water partition coefficient (Wildman–Crippen LogP) is 3.90. The van der Waals surface area contributed by atoms with Crippen molar-refractivity contribution in [3.8, 4) is 0 Å². The van der Waals surface area contributed by atoms with Crippen LogP contribution in [0.1, 0.15) is 47.1 Å². The third-order valence-corrected chi connectivity index (χ3v) is 4.03. The molecule has 15 heavy (non-hydrogen) atoms. The lowest BCUT2D eigenvalue weighted by Crippen LogP contribution is -2.04. The minimum absolute atomic E-state index is 0.352. The highest BCUT2D eigenvalue weighted by molar-refractivity contribution is 7.12. The summed E-state index contributed by atoms with van der Waals surface area (Å²) in [6, 6.07) is 2.13. The minimum atomic E-state index is -0.352. The molecule has 1 aromatic heterocycles. The average Bonchev–Trinajstić information content (AvgIpc) is 2.58. The number of allylic oxidation sites excluding steroid dienone is 1. The number of thiophene rings is 1. The van der Waals surface area contributed by atoms with Crippen LogP contribution in [0.2, 0.25) is 0 Å². The third kappa shape index (κ3) is 2.32. The molecule has 1 unspecified atom stereocenters. The fourth-order valence-corrected chi connectivity index (χ4v) is 3.19. The zero-order valence-corrected chi connectivity index (χ0v) is 10.2. The summed E-state index contributed by atoms with van der Waals surface area (Å²) in [6.07, 6.45) is 6.57. The number of aryl methyl sites for hydroxylation is 2. The van der Waals surface area contributed by atoms with Crippen molar-refractivity contribution in [2.45, 2.75) is 45.6 Å². The van der Waals surface area contributed by atoms with Gasteiger partial charge in [0.05, 0.1) is 0 Å². The van der Waals surface area contributed by atoms with Crippen LogP contribution < -0.4 is 0 Å². The van der Waals surface area contributed by atoms with E-state index >= 15 is 0 Å². The lowest BCUT2D eigenvalue weighted by Gasteiger charge is -2.18. The van der Waals surface area contributed by atoms with Crippen LogP contribution in [-0.2, 0) is 0 Å². The zero-order chi connectivity index (χ0) is 10.8. The molecule has 0 aromatic carbocycles. The molecule has 1 aliphatic carbocycles. The van der Waals surface area contributed by atoms with Crippen LogP contribution in [0, 0.1) is 13.8 Å². The number of aliphatic hydroxyl groups excluding tert-OH is 1. The molecule has 0 saturated carbocycles. The highest BCUT2D eigenvalue weighted by Crippen LogP contribution is 2.34. The second-order valence-corrected chi connectivity index (χ2v) is 5.76. The van der Waals surface area contributed by atoms with Crippen molar-refractivity contribution < 1.29 is 5.11 Å². The highest BCUT2D eigenvalue weighted by atomic mass is 32.1. The van der Waals surface area contributed by atoms with Gasteiger partial charge >= 0.3 is 0 Å². The quantitative estimate of drug-likeness (QED) is 0.752. The van der Waals surface area contributed by atoms with Crippen LogP contribution in [0.4, 0.5) is 0 Å². The van der Waals surface area contributed by atoms with Gasteiger partial charge in [0.2, 0.25) is 0 Å². The molecule has 1 aromatic rings. The van der Waals surface area contributed by atoms with Gasteiger partial charge in [-0.2, -0.15) is 0 Å². The van der Waals surface area contributed by atoms with Crippen LogP contribution in [0.5, 0.6) is 0 Å². The molecular formula is C13H18OS. The molecule has 0 saturated heterocycles. The predicted molar refractivity (Wildman–Crippen MR) is 65.3 cm³/mol. The molecule has 1 N–H and O–H groups in total. The van der Waals surface area contributed by atoms with Gasteiger partial charge in [-0.05, 0) is 56.7 Å². The van der Waals surface area contributed by atoms with Crippen molar-refractivity contribution in [1.82, 2.24) is 0 Å². The van der Waals surface area contributed by atoms with Crippen molar-refractivity contribution in [2.75, 3.05) is 0 Å². The van der Waals surface area contributed by atoms with Gasteiger partial charge in [0.15, 0.2) is 0 Å². The van der Waals surface area contributed by atoms with E-state index in [-0.39, 0.29) is 6.10 Å². The maximum Gasteiger partial charge on any atom is 0.101 e. The standard InChI is InChI=1S/C13H18OS/c1-9-8-12(10(2)15-9)13(14)11-6-4-3-5-7-11/h6,8,13-14H,3-5,7H2,1-2H3. The summed E-state index contributed by atoms with van der Waals surface area (Å²) in [4.78, 5) is 2.55. The monoisotopic (exact) mass is 222 g/mol. The maximum absolute atomic E-state index is 10.3.